The number of likely N-dealkylation sites (N-methyl/N-ethyl adjacent to an activating group) is 1. The number of carbonyl (C=O) groups is 1. The first-order valence-corrected chi connectivity index (χ1v) is 7.01. The van der Waals surface area contributed by atoms with Crippen molar-refractivity contribution in [1.29, 1.82) is 0 Å². The van der Waals surface area contributed by atoms with Crippen LogP contribution < -0.4 is 11.3 Å². The van der Waals surface area contributed by atoms with Gasteiger partial charge >= 0.3 is 0 Å². The predicted octanol–water partition coefficient (Wildman–Crippen LogP) is 0.319. The van der Waals surface area contributed by atoms with Crippen molar-refractivity contribution in [3.63, 3.8) is 0 Å². The molecule has 20 heavy (non-hydrogen) atoms. The van der Waals surface area contributed by atoms with Crippen LogP contribution in [0, 0.1) is 0 Å². The van der Waals surface area contributed by atoms with E-state index < -0.39 is 0 Å². The number of hydrazine groups is 1. The fourth-order valence-electron chi connectivity index (χ4n) is 2.66. The number of nitrogens with zero attached hydrogens (tertiary/aromatic N) is 4. The van der Waals surface area contributed by atoms with Crippen molar-refractivity contribution in [2.45, 2.75) is 26.3 Å². The predicted molar refractivity (Wildman–Crippen MR) is 77.1 cm³/mol. The average molecular weight is 278 g/mol. The number of anilines is 1. The molecule has 7 heteroatoms. The largest absolute Gasteiger partial charge is 0.336 e. The van der Waals surface area contributed by atoms with Gasteiger partial charge in [0.15, 0.2) is 5.82 Å². The molecule has 0 aliphatic carbocycles. The van der Waals surface area contributed by atoms with Crippen molar-refractivity contribution < 1.29 is 4.79 Å². The van der Waals surface area contributed by atoms with Crippen molar-refractivity contribution in [2.75, 3.05) is 31.6 Å². The summed E-state index contributed by atoms with van der Waals surface area (Å²) in [6.45, 7) is 7.83. The van der Waals surface area contributed by atoms with Gasteiger partial charge in [0.1, 0.15) is 5.69 Å². The number of carbonyl (C=O) groups excluding carboxylic acids is 1. The molecule has 1 amide bonds. The number of hydrogen-bond donors (Lipinski definition) is 2. The standard InChI is InChI=1S/C13H22N6O/c1-3-18(4-2)10-5-6-19(9-10)13(20)11-7-15-8-12(16-11)17-14/h7-8,10H,3-6,9,14H2,1-2H3,(H,16,17). The molecule has 110 valence electrons. The van der Waals surface area contributed by atoms with Crippen molar-refractivity contribution >= 4 is 11.7 Å². The summed E-state index contributed by atoms with van der Waals surface area (Å²) in [4.78, 5) is 24.7. The van der Waals surface area contributed by atoms with E-state index in [1.165, 1.54) is 12.4 Å². The van der Waals surface area contributed by atoms with E-state index in [0.717, 1.165) is 32.6 Å². The summed E-state index contributed by atoms with van der Waals surface area (Å²) in [5.74, 6) is 5.61. The van der Waals surface area contributed by atoms with Crippen LogP contribution in [-0.4, -0.2) is 57.9 Å². The molecule has 2 rings (SSSR count). The Kier molecular flexibility index (Phi) is 4.86. The van der Waals surface area contributed by atoms with Gasteiger partial charge in [-0.05, 0) is 19.5 Å². The molecule has 0 saturated carbocycles. The van der Waals surface area contributed by atoms with Crippen LogP contribution in [0.1, 0.15) is 30.8 Å². The zero-order valence-corrected chi connectivity index (χ0v) is 12.0. The number of aromatic nitrogens is 2. The van der Waals surface area contributed by atoms with E-state index in [2.05, 4.69) is 34.1 Å². The SMILES string of the molecule is CCN(CC)C1CCN(C(=O)c2cncc(NN)n2)C1. The van der Waals surface area contributed by atoms with Gasteiger partial charge in [-0.3, -0.25) is 14.7 Å². The molecule has 1 unspecified atom stereocenters. The highest BCUT2D eigenvalue weighted by Gasteiger charge is 2.30. The van der Waals surface area contributed by atoms with Gasteiger partial charge in [0.2, 0.25) is 0 Å². The van der Waals surface area contributed by atoms with Gasteiger partial charge in [-0.25, -0.2) is 10.8 Å². The van der Waals surface area contributed by atoms with E-state index >= 15 is 0 Å². The Labute approximate surface area is 119 Å². The molecular weight excluding hydrogens is 256 g/mol. The van der Waals surface area contributed by atoms with E-state index in [1.807, 2.05) is 4.90 Å². The summed E-state index contributed by atoms with van der Waals surface area (Å²) in [5, 5.41) is 0. The van der Waals surface area contributed by atoms with Crippen LogP contribution in [-0.2, 0) is 0 Å². The van der Waals surface area contributed by atoms with Gasteiger partial charge in [0.05, 0.1) is 12.4 Å². The number of nitrogens with one attached hydrogen (secondary N) is 1. The minimum atomic E-state index is -0.0794. The average Bonchev–Trinajstić information content (AvgIpc) is 2.97. The Balaban J connectivity index is 2.03. The maximum Gasteiger partial charge on any atom is 0.274 e. The van der Waals surface area contributed by atoms with Gasteiger partial charge in [0, 0.05) is 19.1 Å². The first-order chi connectivity index (χ1) is 9.69. The monoisotopic (exact) mass is 278 g/mol. The van der Waals surface area contributed by atoms with Gasteiger partial charge in [-0.15, -0.1) is 0 Å². The molecule has 1 atom stereocenters. The Morgan fingerprint density at radius 3 is 2.90 bits per heavy atom. The van der Waals surface area contributed by atoms with Gasteiger partial charge in [-0.1, -0.05) is 13.8 Å². The lowest BCUT2D eigenvalue weighted by Gasteiger charge is -2.26. The molecule has 1 aromatic rings. The highest BCUT2D eigenvalue weighted by atomic mass is 16.2. The summed E-state index contributed by atoms with van der Waals surface area (Å²) >= 11 is 0. The van der Waals surface area contributed by atoms with E-state index in [9.17, 15) is 4.79 Å². The topological polar surface area (TPSA) is 87.4 Å². The number of likely N-dealkylation sites (tertiary alicyclic amines) is 1. The summed E-state index contributed by atoms with van der Waals surface area (Å²) < 4.78 is 0. The smallest absolute Gasteiger partial charge is 0.274 e. The van der Waals surface area contributed by atoms with Crippen molar-refractivity contribution in [3.8, 4) is 0 Å². The fraction of sp³-hybridized carbons (Fsp3) is 0.615. The van der Waals surface area contributed by atoms with E-state index in [4.69, 9.17) is 5.84 Å². The number of nitrogens with two attached hydrogens (primary N) is 1. The second kappa shape index (κ2) is 6.62. The Bertz CT molecular complexity index is 462. The molecular formula is C13H22N6O. The third-order valence-corrected chi connectivity index (χ3v) is 3.78. The summed E-state index contributed by atoms with van der Waals surface area (Å²) in [5.41, 5.74) is 2.74. The summed E-state index contributed by atoms with van der Waals surface area (Å²) in [7, 11) is 0. The van der Waals surface area contributed by atoms with Crippen LogP contribution in [0.15, 0.2) is 12.4 Å². The van der Waals surface area contributed by atoms with Gasteiger partial charge < -0.3 is 10.3 Å². The lowest BCUT2D eigenvalue weighted by molar-refractivity contribution is 0.0772. The van der Waals surface area contributed by atoms with Crippen molar-refractivity contribution in [2.24, 2.45) is 5.84 Å². The minimum Gasteiger partial charge on any atom is -0.336 e. The highest BCUT2D eigenvalue weighted by Crippen LogP contribution is 2.17. The zero-order chi connectivity index (χ0) is 14.5. The van der Waals surface area contributed by atoms with Crippen LogP contribution in [0.4, 0.5) is 5.82 Å². The molecule has 1 aliphatic rings. The molecule has 0 bridgehead atoms. The van der Waals surface area contributed by atoms with E-state index in [1.54, 1.807) is 0 Å². The van der Waals surface area contributed by atoms with Crippen LogP contribution in [0.2, 0.25) is 0 Å². The van der Waals surface area contributed by atoms with Gasteiger partial charge in [0.25, 0.3) is 5.91 Å². The highest BCUT2D eigenvalue weighted by molar-refractivity contribution is 5.92. The molecule has 2 heterocycles. The zero-order valence-electron chi connectivity index (χ0n) is 12.0. The third-order valence-electron chi connectivity index (χ3n) is 3.78. The fourth-order valence-corrected chi connectivity index (χ4v) is 2.66. The molecule has 1 fully saturated rings. The summed E-state index contributed by atoms with van der Waals surface area (Å²) in [6, 6.07) is 0.442. The number of rotatable bonds is 5. The molecule has 1 aromatic heterocycles. The molecule has 1 saturated heterocycles. The summed E-state index contributed by atoms with van der Waals surface area (Å²) in [6.07, 6.45) is 3.98. The van der Waals surface area contributed by atoms with Crippen molar-refractivity contribution in [1.82, 2.24) is 19.8 Å². The number of amides is 1. The molecule has 0 aromatic carbocycles. The van der Waals surface area contributed by atoms with Crippen LogP contribution in [0.3, 0.4) is 0 Å². The normalized spacial score (nSPS) is 18.6. The second-order valence-corrected chi connectivity index (χ2v) is 4.85. The molecule has 3 N–H and O–H groups in total. The lowest BCUT2D eigenvalue weighted by Crippen LogP contribution is -2.38. The lowest BCUT2D eigenvalue weighted by atomic mass is 10.2. The Morgan fingerprint density at radius 1 is 1.50 bits per heavy atom. The Morgan fingerprint density at radius 2 is 2.25 bits per heavy atom. The van der Waals surface area contributed by atoms with E-state index in [-0.39, 0.29) is 5.91 Å². The maximum absolute atomic E-state index is 12.4. The van der Waals surface area contributed by atoms with Crippen LogP contribution in [0.5, 0.6) is 0 Å². The second-order valence-electron chi connectivity index (χ2n) is 4.85. The first kappa shape index (κ1) is 14.7. The minimum absolute atomic E-state index is 0.0794. The van der Waals surface area contributed by atoms with Crippen LogP contribution in [0.25, 0.3) is 0 Å². The first-order valence-electron chi connectivity index (χ1n) is 7.01. The Hall–Kier alpha value is -1.73. The number of nitrogen functional groups attached to an aromatic ring is 1. The quantitative estimate of drug-likeness (QED) is 0.596. The third kappa shape index (κ3) is 3.05. The molecule has 0 radical (unpaired) electrons. The maximum atomic E-state index is 12.4. The van der Waals surface area contributed by atoms with E-state index in [0.29, 0.717) is 17.6 Å². The molecule has 1 aliphatic heterocycles. The molecule has 0 spiro atoms. The van der Waals surface area contributed by atoms with Crippen molar-refractivity contribution in [3.05, 3.63) is 18.1 Å². The van der Waals surface area contributed by atoms with Crippen LogP contribution >= 0.6 is 0 Å². The molecule has 7 nitrogen and oxygen atoms in total. The number of hydrogen-bond acceptors (Lipinski definition) is 6. The van der Waals surface area contributed by atoms with Gasteiger partial charge in [-0.2, -0.15) is 0 Å².